The van der Waals surface area contributed by atoms with Crippen LogP contribution in [0, 0.1) is 11.2 Å². The highest BCUT2D eigenvalue weighted by Crippen LogP contribution is 2.41. The van der Waals surface area contributed by atoms with Crippen molar-refractivity contribution in [3.63, 3.8) is 0 Å². The normalized spacial score (nSPS) is 25.8. The second kappa shape index (κ2) is 6.68. The number of hydrogen-bond acceptors (Lipinski definition) is 3. The van der Waals surface area contributed by atoms with Crippen LogP contribution in [0.3, 0.4) is 0 Å². The summed E-state index contributed by atoms with van der Waals surface area (Å²) in [6, 6.07) is 5.61. The van der Waals surface area contributed by atoms with Crippen molar-refractivity contribution in [2.75, 3.05) is 19.6 Å². The average Bonchev–Trinajstić information content (AvgIpc) is 2.57. The van der Waals surface area contributed by atoms with Gasteiger partial charge in [-0.15, -0.1) is 0 Å². The molecule has 0 saturated carbocycles. The molecule has 25 heavy (non-hydrogen) atoms. The molecule has 1 aromatic rings. The summed E-state index contributed by atoms with van der Waals surface area (Å²) >= 11 is 0. The minimum atomic E-state index is -3.86. The van der Waals surface area contributed by atoms with Crippen LogP contribution >= 0.6 is 0 Å². The molecule has 3 rings (SSSR count). The van der Waals surface area contributed by atoms with Crippen molar-refractivity contribution in [1.29, 1.82) is 0 Å². The lowest BCUT2D eigenvalue weighted by molar-refractivity contribution is -0.140. The Kier molecular flexibility index (Phi) is 4.90. The predicted molar refractivity (Wildman–Crippen MR) is 92.9 cm³/mol. The van der Waals surface area contributed by atoms with Crippen LogP contribution < -0.4 is 0 Å². The summed E-state index contributed by atoms with van der Waals surface area (Å²) < 4.78 is 41.3. The van der Waals surface area contributed by atoms with Gasteiger partial charge in [0.15, 0.2) is 0 Å². The molecule has 1 amide bonds. The number of carbonyl (C=O) groups is 1. The maximum absolute atomic E-state index is 14.0. The minimum Gasteiger partial charge on any atom is -0.340 e. The van der Waals surface area contributed by atoms with Crippen molar-refractivity contribution in [2.24, 2.45) is 5.41 Å². The molecular formula is C18H25FN2O3S. The fraction of sp³-hybridized carbons (Fsp3) is 0.611. The van der Waals surface area contributed by atoms with E-state index in [4.69, 9.17) is 0 Å². The summed E-state index contributed by atoms with van der Waals surface area (Å²) in [7, 11) is -3.86. The number of piperidine rings is 2. The molecule has 0 radical (unpaired) electrons. The van der Waals surface area contributed by atoms with Gasteiger partial charge in [-0.05, 0) is 45.2 Å². The molecule has 0 aromatic heterocycles. The number of likely N-dealkylation sites (tertiary alicyclic amines) is 1. The van der Waals surface area contributed by atoms with Crippen LogP contribution in [0.4, 0.5) is 4.39 Å². The van der Waals surface area contributed by atoms with E-state index < -0.39 is 15.8 Å². The highest BCUT2D eigenvalue weighted by molar-refractivity contribution is 7.89. The third-order valence-electron chi connectivity index (χ3n) is 5.40. The zero-order chi connectivity index (χ0) is 18.2. The average molecular weight is 368 g/mol. The fourth-order valence-corrected chi connectivity index (χ4v) is 5.67. The van der Waals surface area contributed by atoms with E-state index in [0.29, 0.717) is 32.5 Å². The molecule has 1 atom stereocenters. The lowest BCUT2D eigenvalue weighted by Gasteiger charge is -2.48. The Morgan fingerprint density at radius 3 is 2.56 bits per heavy atom. The molecule has 2 aliphatic rings. The van der Waals surface area contributed by atoms with E-state index in [-0.39, 0.29) is 22.3 Å². The van der Waals surface area contributed by atoms with E-state index in [9.17, 15) is 17.6 Å². The van der Waals surface area contributed by atoms with E-state index in [1.165, 1.54) is 28.6 Å². The predicted octanol–water partition coefficient (Wildman–Crippen LogP) is 2.63. The Bertz CT molecular complexity index is 765. The van der Waals surface area contributed by atoms with Crippen LogP contribution in [-0.2, 0) is 14.8 Å². The molecule has 2 saturated heterocycles. The number of halogens is 1. The first-order valence-electron chi connectivity index (χ1n) is 8.79. The summed E-state index contributed by atoms with van der Waals surface area (Å²) in [5, 5.41) is 0. The van der Waals surface area contributed by atoms with Gasteiger partial charge in [-0.3, -0.25) is 4.79 Å². The van der Waals surface area contributed by atoms with E-state index >= 15 is 0 Å². The van der Waals surface area contributed by atoms with Gasteiger partial charge in [0.05, 0.1) is 0 Å². The van der Waals surface area contributed by atoms with Crippen LogP contribution in [0.15, 0.2) is 29.2 Å². The molecule has 2 heterocycles. The monoisotopic (exact) mass is 368 g/mol. The number of rotatable bonds is 3. The Labute approximate surface area is 148 Å². The number of benzene rings is 1. The SMILES string of the molecule is CC(C)N1C[C@@]2(CCCN(S(=O)(=O)c3ccccc3F)C2)CCC1=O. The minimum absolute atomic E-state index is 0.100. The van der Waals surface area contributed by atoms with Gasteiger partial charge in [0.1, 0.15) is 10.7 Å². The summed E-state index contributed by atoms with van der Waals surface area (Å²) in [4.78, 5) is 13.7. The van der Waals surface area contributed by atoms with Gasteiger partial charge in [-0.1, -0.05) is 12.1 Å². The van der Waals surface area contributed by atoms with Crippen molar-refractivity contribution in [2.45, 2.75) is 50.5 Å². The number of sulfonamides is 1. The quantitative estimate of drug-likeness (QED) is 0.824. The number of amides is 1. The zero-order valence-corrected chi connectivity index (χ0v) is 15.6. The first kappa shape index (κ1) is 18.3. The van der Waals surface area contributed by atoms with Crippen LogP contribution in [0.25, 0.3) is 0 Å². The molecule has 5 nitrogen and oxygen atoms in total. The molecule has 138 valence electrons. The second-order valence-electron chi connectivity index (χ2n) is 7.49. The van der Waals surface area contributed by atoms with Gasteiger partial charge in [-0.2, -0.15) is 4.31 Å². The first-order valence-corrected chi connectivity index (χ1v) is 10.2. The smallest absolute Gasteiger partial charge is 0.246 e. The summed E-state index contributed by atoms with van der Waals surface area (Å²) in [6.07, 6.45) is 2.77. The molecule has 2 aliphatic heterocycles. The van der Waals surface area contributed by atoms with Gasteiger partial charge in [0.25, 0.3) is 0 Å². The largest absolute Gasteiger partial charge is 0.340 e. The number of nitrogens with zero attached hydrogens (tertiary/aromatic N) is 2. The van der Waals surface area contributed by atoms with Gasteiger partial charge in [-0.25, -0.2) is 12.8 Å². The van der Waals surface area contributed by atoms with Gasteiger partial charge >= 0.3 is 0 Å². The zero-order valence-electron chi connectivity index (χ0n) is 14.7. The molecule has 0 aliphatic carbocycles. The van der Waals surface area contributed by atoms with Crippen molar-refractivity contribution < 1.29 is 17.6 Å². The van der Waals surface area contributed by atoms with Crippen LogP contribution in [0.5, 0.6) is 0 Å². The van der Waals surface area contributed by atoms with Crippen molar-refractivity contribution in [1.82, 2.24) is 9.21 Å². The Morgan fingerprint density at radius 1 is 1.16 bits per heavy atom. The van der Waals surface area contributed by atoms with Crippen LogP contribution in [0.2, 0.25) is 0 Å². The van der Waals surface area contributed by atoms with Crippen LogP contribution in [-0.4, -0.2) is 49.2 Å². The maximum atomic E-state index is 14.0. The van der Waals surface area contributed by atoms with Gasteiger partial charge < -0.3 is 4.90 Å². The molecule has 0 N–H and O–H groups in total. The summed E-state index contributed by atoms with van der Waals surface area (Å²) in [6.45, 7) is 5.28. The molecule has 0 bridgehead atoms. The third-order valence-corrected chi connectivity index (χ3v) is 7.28. The van der Waals surface area contributed by atoms with Crippen molar-refractivity contribution in [3.8, 4) is 0 Å². The van der Waals surface area contributed by atoms with E-state index in [2.05, 4.69) is 0 Å². The second-order valence-corrected chi connectivity index (χ2v) is 9.39. The van der Waals surface area contributed by atoms with E-state index in [1.54, 1.807) is 0 Å². The lowest BCUT2D eigenvalue weighted by atomic mass is 9.74. The molecule has 1 spiro atoms. The molecule has 2 fully saturated rings. The topological polar surface area (TPSA) is 57.7 Å². The van der Waals surface area contributed by atoms with E-state index in [0.717, 1.165) is 12.8 Å². The first-order chi connectivity index (χ1) is 11.8. The number of carbonyl (C=O) groups excluding carboxylic acids is 1. The summed E-state index contributed by atoms with van der Waals surface area (Å²) in [5.41, 5.74) is -0.227. The van der Waals surface area contributed by atoms with Crippen LogP contribution in [0.1, 0.15) is 39.5 Å². The highest BCUT2D eigenvalue weighted by atomic mass is 32.2. The van der Waals surface area contributed by atoms with Gasteiger partial charge in [0.2, 0.25) is 15.9 Å². The van der Waals surface area contributed by atoms with Crippen molar-refractivity contribution in [3.05, 3.63) is 30.1 Å². The fourth-order valence-electron chi connectivity index (χ4n) is 4.01. The Balaban J connectivity index is 1.86. The molecule has 1 aromatic carbocycles. The molecule has 0 unspecified atom stereocenters. The van der Waals surface area contributed by atoms with Gasteiger partial charge in [0, 0.05) is 37.5 Å². The lowest BCUT2D eigenvalue weighted by Crippen LogP contribution is -2.56. The maximum Gasteiger partial charge on any atom is 0.246 e. The number of hydrogen-bond donors (Lipinski definition) is 0. The Morgan fingerprint density at radius 2 is 1.88 bits per heavy atom. The van der Waals surface area contributed by atoms with E-state index in [1.807, 2.05) is 18.7 Å². The van der Waals surface area contributed by atoms with Crippen molar-refractivity contribution >= 4 is 15.9 Å². The highest BCUT2D eigenvalue weighted by Gasteiger charge is 2.45. The third kappa shape index (κ3) is 3.44. The summed E-state index contributed by atoms with van der Waals surface area (Å²) in [5.74, 6) is -0.584. The molecular weight excluding hydrogens is 343 g/mol. The molecule has 7 heteroatoms. The standard InChI is InChI=1S/C18H25FN2O3S/c1-14(2)21-13-18(10-8-17(21)22)9-5-11-20(12-18)25(23,24)16-7-4-3-6-15(16)19/h3-4,6-7,14H,5,8-13H2,1-2H3/t18-/m0/s1. The Hall–Kier alpha value is -1.47.